The number of benzene rings is 1. The van der Waals surface area contributed by atoms with Gasteiger partial charge in [-0.05, 0) is 30.5 Å². The van der Waals surface area contributed by atoms with Gasteiger partial charge in [0, 0.05) is 39.9 Å². The highest BCUT2D eigenvalue weighted by Crippen LogP contribution is 2.27. The van der Waals surface area contributed by atoms with Crippen molar-refractivity contribution in [1.29, 1.82) is 0 Å². The topological polar surface area (TPSA) is 35.6 Å². The largest absolute Gasteiger partial charge is 0.374 e. The van der Waals surface area contributed by atoms with E-state index in [0.29, 0.717) is 0 Å². The summed E-state index contributed by atoms with van der Waals surface area (Å²) in [4.78, 5) is 15.7. The van der Waals surface area contributed by atoms with Crippen LogP contribution in [0.2, 0.25) is 0 Å². The van der Waals surface area contributed by atoms with Crippen LogP contribution in [-0.2, 0) is 17.8 Å². The molecular formula is C15H23N3O. The minimum absolute atomic E-state index is 0.112. The number of amides is 1. The van der Waals surface area contributed by atoms with E-state index in [-0.39, 0.29) is 11.9 Å². The van der Waals surface area contributed by atoms with E-state index >= 15 is 0 Å². The van der Waals surface area contributed by atoms with E-state index in [0.717, 1.165) is 19.5 Å². The zero-order valence-corrected chi connectivity index (χ0v) is 12.2. The molecule has 1 aliphatic heterocycles. The zero-order valence-electron chi connectivity index (χ0n) is 12.2. The van der Waals surface area contributed by atoms with Gasteiger partial charge in [0.15, 0.2) is 0 Å². The predicted molar refractivity (Wildman–Crippen MR) is 78.4 cm³/mol. The molecule has 19 heavy (non-hydrogen) atoms. The Morgan fingerprint density at radius 3 is 2.89 bits per heavy atom. The fourth-order valence-corrected chi connectivity index (χ4v) is 2.48. The molecule has 1 aromatic carbocycles. The van der Waals surface area contributed by atoms with Crippen molar-refractivity contribution in [2.45, 2.75) is 25.9 Å². The molecule has 4 nitrogen and oxygen atoms in total. The summed E-state index contributed by atoms with van der Waals surface area (Å²) in [6.45, 7) is 3.74. The normalized spacial score (nSPS) is 15.3. The van der Waals surface area contributed by atoms with Gasteiger partial charge in [-0.1, -0.05) is 12.1 Å². The molecule has 0 bridgehead atoms. The van der Waals surface area contributed by atoms with E-state index < -0.39 is 0 Å². The zero-order chi connectivity index (χ0) is 14.0. The lowest BCUT2D eigenvalue weighted by atomic mass is 10.1. The smallest absolute Gasteiger partial charge is 0.238 e. The Morgan fingerprint density at radius 1 is 1.47 bits per heavy atom. The molecule has 0 aliphatic carbocycles. The van der Waals surface area contributed by atoms with Crippen molar-refractivity contribution in [2.24, 2.45) is 0 Å². The lowest BCUT2D eigenvalue weighted by molar-refractivity contribution is -0.130. The number of nitrogens with one attached hydrogen (secondary N) is 1. The second-order valence-corrected chi connectivity index (χ2v) is 5.47. The number of carbonyl (C=O) groups excluding carboxylic acids is 1. The minimum Gasteiger partial charge on any atom is -0.374 e. The van der Waals surface area contributed by atoms with Gasteiger partial charge in [-0.25, -0.2) is 0 Å². The van der Waals surface area contributed by atoms with Crippen LogP contribution in [0.25, 0.3) is 0 Å². The Kier molecular flexibility index (Phi) is 4.10. The highest BCUT2D eigenvalue weighted by atomic mass is 16.2. The number of hydrogen-bond acceptors (Lipinski definition) is 3. The number of anilines is 1. The maximum absolute atomic E-state index is 11.8. The number of rotatable bonds is 4. The van der Waals surface area contributed by atoms with E-state index in [9.17, 15) is 4.79 Å². The van der Waals surface area contributed by atoms with Crippen LogP contribution in [0.5, 0.6) is 0 Å². The van der Waals surface area contributed by atoms with Crippen LogP contribution in [0.1, 0.15) is 18.1 Å². The van der Waals surface area contributed by atoms with Crippen molar-refractivity contribution in [3.05, 3.63) is 29.3 Å². The molecule has 4 heteroatoms. The Morgan fingerprint density at radius 2 is 2.21 bits per heavy atom. The summed E-state index contributed by atoms with van der Waals surface area (Å²) >= 11 is 0. The SMILES string of the molecule is CC(NCc1ccc2c(c1)CCN2C)C(=O)N(C)C. The van der Waals surface area contributed by atoms with Gasteiger partial charge in [-0.2, -0.15) is 0 Å². The first-order valence-corrected chi connectivity index (χ1v) is 6.76. The monoisotopic (exact) mass is 261 g/mol. The van der Waals surface area contributed by atoms with Crippen LogP contribution in [0.15, 0.2) is 18.2 Å². The molecule has 1 unspecified atom stereocenters. The van der Waals surface area contributed by atoms with E-state index in [4.69, 9.17) is 0 Å². The van der Waals surface area contributed by atoms with Gasteiger partial charge in [-0.15, -0.1) is 0 Å². The van der Waals surface area contributed by atoms with E-state index in [2.05, 4.69) is 35.5 Å². The van der Waals surface area contributed by atoms with Gasteiger partial charge in [-0.3, -0.25) is 4.79 Å². The third-order valence-electron chi connectivity index (χ3n) is 3.70. The molecule has 0 aromatic heterocycles. The molecule has 0 saturated heterocycles. The predicted octanol–water partition coefficient (Wildman–Crippen LogP) is 1.25. The highest BCUT2D eigenvalue weighted by Gasteiger charge is 2.17. The van der Waals surface area contributed by atoms with Gasteiger partial charge in [0.25, 0.3) is 0 Å². The van der Waals surface area contributed by atoms with Gasteiger partial charge in [0.2, 0.25) is 5.91 Å². The Bertz CT molecular complexity index is 470. The maximum atomic E-state index is 11.8. The van der Waals surface area contributed by atoms with Crippen molar-refractivity contribution >= 4 is 11.6 Å². The van der Waals surface area contributed by atoms with E-state index in [1.165, 1.54) is 16.8 Å². The molecule has 2 rings (SSSR count). The van der Waals surface area contributed by atoms with E-state index in [1.807, 2.05) is 6.92 Å². The van der Waals surface area contributed by atoms with Crippen molar-refractivity contribution in [1.82, 2.24) is 10.2 Å². The minimum atomic E-state index is -0.147. The molecule has 1 aliphatic rings. The van der Waals surface area contributed by atoms with Crippen molar-refractivity contribution < 1.29 is 4.79 Å². The first kappa shape index (κ1) is 13.9. The summed E-state index contributed by atoms with van der Waals surface area (Å²) < 4.78 is 0. The molecule has 0 spiro atoms. The maximum Gasteiger partial charge on any atom is 0.238 e. The molecule has 1 heterocycles. The number of nitrogens with zero attached hydrogens (tertiary/aromatic N) is 2. The molecule has 1 N–H and O–H groups in total. The summed E-state index contributed by atoms with van der Waals surface area (Å²) in [5.74, 6) is 0.112. The third kappa shape index (κ3) is 3.07. The van der Waals surface area contributed by atoms with Crippen LogP contribution in [0.3, 0.4) is 0 Å². The van der Waals surface area contributed by atoms with Crippen LogP contribution in [0.4, 0.5) is 5.69 Å². The number of hydrogen-bond donors (Lipinski definition) is 1. The summed E-state index contributed by atoms with van der Waals surface area (Å²) in [7, 11) is 5.69. The third-order valence-corrected chi connectivity index (χ3v) is 3.70. The van der Waals surface area contributed by atoms with Crippen LogP contribution < -0.4 is 10.2 Å². The second-order valence-electron chi connectivity index (χ2n) is 5.47. The Balaban J connectivity index is 1.96. The lowest BCUT2D eigenvalue weighted by Crippen LogP contribution is -2.41. The highest BCUT2D eigenvalue weighted by molar-refractivity contribution is 5.80. The molecule has 1 aromatic rings. The Hall–Kier alpha value is -1.55. The molecule has 0 fully saturated rings. The fourth-order valence-electron chi connectivity index (χ4n) is 2.48. The number of fused-ring (bicyclic) bond motifs is 1. The summed E-state index contributed by atoms with van der Waals surface area (Å²) in [5.41, 5.74) is 3.99. The van der Waals surface area contributed by atoms with Crippen LogP contribution in [-0.4, -0.2) is 44.5 Å². The first-order chi connectivity index (χ1) is 8.99. The molecule has 1 atom stereocenters. The van der Waals surface area contributed by atoms with Gasteiger partial charge < -0.3 is 15.1 Å². The second kappa shape index (κ2) is 5.61. The molecule has 104 valence electrons. The molecule has 0 radical (unpaired) electrons. The molecule has 1 amide bonds. The van der Waals surface area contributed by atoms with Gasteiger partial charge >= 0.3 is 0 Å². The lowest BCUT2D eigenvalue weighted by Gasteiger charge is -2.18. The summed E-state index contributed by atoms with van der Waals surface area (Å²) in [6, 6.07) is 6.42. The van der Waals surface area contributed by atoms with Crippen molar-refractivity contribution in [3.63, 3.8) is 0 Å². The first-order valence-electron chi connectivity index (χ1n) is 6.76. The van der Waals surface area contributed by atoms with Gasteiger partial charge in [0.05, 0.1) is 6.04 Å². The molecular weight excluding hydrogens is 238 g/mol. The number of likely N-dealkylation sites (N-methyl/N-ethyl adjacent to an activating group) is 2. The van der Waals surface area contributed by atoms with E-state index in [1.54, 1.807) is 19.0 Å². The standard InChI is InChI=1S/C15H23N3O/c1-11(15(19)17(2)3)16-10-12-5-6-14-13(9-12)7-8-18(14)4/h5-6,9,11,16H,7-8,10H2,1-4H3. The molecule has 0 saturated carbocycles. The summed E-state index contributed by atoms with van der Waals surface area (Å²) in [6.07, 6.45) is 1.12. The average Bonchev–Trinajstić information content (AvgIpc) is 2.76. The van der Waals surface area contributed by atoms with Crippen LogP contribution in [0, 0.1) is 0 Å². The summed E-state index contributed by atoms with van der Waals surface area (Å²) in [5, 5.41) is 3.28. The van der Waals surface area contributed by atoms with Crippen LogP contribution >= 0.6 is 0 Å². The van der Waals surface area contributed by atoms with Crippen molar-refractivity contribution in [2.75, 3.05) is 32.6 Å². The average molecular weight is 261 g/mol. The van der Waals surface area contributed by atoms with Crippen molar-refractivity contribution in [3.8, 4) is 0 Å². The number of carbonyl (C=O) groups is 1. The van der Waals surface area contributed by atoms with Gasteiger partial charge in [0.1, 0.15) is 0 Å². The fraction of sp³-hybridized carbons (Fsp3) is 0.533. The Labute approximate surface area is 115 Å². The quantitative estimate of drug-likeness (QED) is 0.886.